The van der Waals surface area contributed by atoms with E-state index in [0.29, 0.717) is 0 Å². The SMILES string of the molecule is Nc1cc2c(CBr)ccc(I)c2s1. The zero-order chi connectivity index (χ0) is 9.42. The third kappa shape index (κ3) is 1.71. The largest absolute Gasteiger partial charge is 0.391 e. The fourth-order valence-corrected chi connectivity index (χ4v) is 3.45. The van der Waals surface area contributed by atoms with Crippen LogP contribution in [0.5, 0.6) is 0 Å². The number of nitrogen functional groups attached to an aromatic ring is 1. The topological polar surface area (TPSA) is 26.0 Å². The molecule has 1 aromatic heterocycles. The molecule has 1 nitrogen and oxygen atoms in total. The van der Waals surface area contributed by atoms with Crippen LogP contribution in [0.2, 0.25) is 0 Å². The zero-order valence-corrected chi connectivity index (χ0v) is 11.2. The van der Waals surface area contributed by atoms with Crippen molar-refractivity contribution in [1.29, 1.82) is 0 Å². The van der Waals surface area contributed by atoms with Crippen LogP contribution >= 0.6 is 49.9 Å². The monoisotopic (exact) mass is 367 g/mol. The maximum atomic E-state index is 5.78. The highest BCUT2D eigenvalue weighted by Crippen LogP contribution is 2.34. The molecular formula is C9H7BrINS. The predicted octanol–water partition coefficient (Wildman–Crippen LogP) is 3.98. The third-order valence-corrected chi connectivity index (χ3v) is 4.76. The molecule has 0 amide bonds. The van der Waals surface area contributed by atoms with E-state index >= 15 is 0 Å². The second-order valence-corrected chi connectivity index (χ2v) is 5.54. The molecule has 0 saturated carbocycles. The van der Waals surface area contributed by atoms with Gasteiger partial charge in [0.1, 0.15) is 0 Å². The molecule has 0 unspecified atom stereocenters. The summed E-state index contributed by atoms with van der Waals surface area (Å²) >= 11 is 7.48. The van der Waals surface area contributed by atoms with Crippen LogP contribution in [-0.4, -0.2) is 0 Å². The van der Waals surface area contributed by atoms with Crippen molar-refractivity contribution < 1.29 is 0 Å². The number of nitrogens with two attached hydrogens (primary N) is 1. The normalized spacial score (nSPS) is 10.9. The van der Waals surface area contributed by atoms with E-state index < -0.39 is 0 Å². The van der Waals surface area contributed by atoms with Gasteiger partial charge in [0, 0.05) is 8.90 Å². The zero-order valence-electron chi connectivity index (χ0n) is 6.68. The van der Waals surface area contributed by atoms with E-state index in [9.17, 15) is 0 Å². The Morgan fingerprint density at radius 2 is 2.23 bits per heavy atom. The van der Waals surface area contributed by atoms with Crippen LogP contribution in [0.15, 0.2) is 18.2 Å². The Morgan fingerprint density at radius 3 is 2.92 bits per heavy atom. The van der Waals surface area contributed by atoms with Crippen molar-refractivity contribution in [3.05, 3.63) is 27.3 Å². The van der Waals surface area contributed by atoms with E-state index in [1.165, 1.54) is 19.2 Å². The Kier molecular flexibility index (Phi) is 2.80. The molecule has 68 valence electrons. The summed E-state index contributed by atoms with van der Waals surface area (Å²) in [5.74, 6) is 0. The van der Waals surface area contributed by atoms with E-state index in [-0.39, 0.29) is 0 Å². The molecule has 0 spiro atoms. The molecule has 1 aromatic carbocycles. The fourth-order valence-electron chi connectivity index (χ4n) is 1.28. The molecule has 2 rings (SSSR count). The van der Waals surface area contributed by atoms with Crippen molar-refractivity contribution >= 4 is 64.9 Å². The first kappa shape index (κ1) is 9.73. The molecule has 4 heteroatoms. The van der Waals surface area contributed by atoms with Crippen LogP contribution in [0.1, 0.15) is 5.56 Å². The van der Waals surface area contributed by atoms with Crippen molar-refractivity contribution in [2.24, 2.45) is 0 Å². The van der Waals surface area contributed by atoms with E-state index in [4.69, 9.17) is 5.73 Å². The summed E-state index contributed by atoms with van der Waals surface area (Å²) in [5, 5.41) is 3.06. The van der Waals surface area contributed by atoms with Gasteiger partial charge < -0.3 is 5.73 Å². The average Bonchev–Trinajstić information content (AvgIpc) is 2.48. The van der Waals surface area contributed by atoms with Gasteiger partial charge in [0.25, 0.3) is 0 Å². The lowest BCUT2D eigenvalue weighted by Gasteiger charge is -1.99. The number of benzene rings is 1. The summed E-state index contributed by atoms with van der Waals surface area (Å²) < 4.78 is 2.58. The van der Waals surface area contributed by atoms with Crippen molar-refractivity contribution in [3.63, 3.8) is 0 Å². The van der Waals surface area contributed by atoms with Crippen LogP contribution in [0.4, 0.5) is 5.00 Å². The first-order valence-electron chi connectivity index (χ1n) is 3.74. The number of halogens is 2. The average molecular weight is 368 g/mol. The van der Waals surface area contributed by atoms with Gasteiger partial charge in [0.2, 0.25) is 0 Å². The van der Waals surface area contributed by atoms with Crippen molar-refractivity contribution in [2.75, 3.05) is 5.73 Å². The summed E-state index contributed by atoms with van der Waals surface area (Å²) in [7, 11) is 0. The highest BCUT2D eigenvalue weighted by atomic mass is 127. The van der Waals surface area contributed by atoms with Crippen LogP contribution in [-0.2, 0) is 5.33 Å². The van der Waals surface area contributed by atoms with E-state index in [0.717, 1.165) is 10.3 Å². The second kappa shape index (κ2) is 3.74. The van der Waals surface area contributed by atoms with Gasteiger partial charge in [0.05, 0.1) is 9.70 Å². The minimum atomic E-state index is 0.886. The summed E-state index contributed by atoms with van der Waals surface area (Å²) in [6, 6.07) is 6.33. The number of fused-ring (bicyclic) bond motifs is 1. The third-order valence-electron chi connectivity index (χ3n) is 1.89. The smallest absolute Gasteiger partial charge is 0.0869 e. The maximum Gasteiger partial charge on any atom is 0.0869 e. The molecule has 0 bridgehead atoms. The van der Waals surface area contributed by atoms with Gasteiger partial charge in [-0.25, -0.2) is 0 Å². The van der Waals surface area contributed by atoms with Crippen LogP contribution in [0.3, 0.4) is 0 Å². The minimum Gasteiger partial charge on any atom is -0.391 e. The lowest BCUT2D eigenvalue weighted by atomic mass is 10.1. The Hall–Kier alpha value is 0.190. The molecule has 0 aliphatic rings. The van der Waals surface area contributed by atoms with Gasteiger partial charge in [-0.05, 0) is 45.7 Å². The van der Waals surface area contributed by atoms with E-state index in [2.05, 4.69) is 56.7 Å². The predicted molar refractivity (Wildman–Crippen MR) is 71.6 cm³/mol. The van der Waals surface area contributed by atoms with Crippen molar-refractivity contribution in [3.8, 4) is 0 Å². The maximum absolute atomic E-state index is 5.78. The highest BCUT2D eigenvalue weighted by Gasteiger charge is 2.06. The number of hydrogen-bond donors (Lipinski definition) is 1. The molecule has 0 radical (unpaired) electrons. The lowest BCUT2D eigenvalue weighted by molar-refractivity contribution is 1.49. The lowest BCUT2D eigenvalue weighted by Crippen LogP contribution is -1.79. The Morgan fingerprint density at radius 1 is 1.46 bits per heavy atom. The van der Waals surface area contributed by atoms with Crippen molar-refractivity contribution in [2.45, 2.75) is 5.33 Å². The van der Waals surface area contributed by atoms with Crippen molar-refractivity contribution in [1.82, 2.24) is 0 Å². The number of alkyl halides is 1. The van der Waals surface area contributed by atoms with Gasteiger partial charge in [-0.1, -0.05) is 22.0 Å². The fraction of sp³-hybridized carbons (Fsp3) is 0.111. The molecule has 0 atom stereocenters. The summed E-state index contributed by atoms with van der Waals surface area (Å²) in [6.07, 6.45) is 0. The molecular weight excluding hydrogens is 361 g/mol. The summed E-state index contributed by atoms with van der Waals surface area (Å²) in [5.41, 5.74) is 7.09. The van der Waals surface area contributed by atoms with Crippen LogP contribution in [0, 0.1) is 3.57 Å². The quantitative estimate of drug-likeness (QED) is 0.598. The van der Waals surface area contributed by atoms with Gasteiger partial charge in [-0.2, -0.15) is 0 Å². The molecule has 0 saturated heterocycles. The number of rotatable bonds is 1. The minimum absolute atomic E-state index is 0.886. The Balaban J connectivity index is 2.83. The molecule has 0 fully saturated rings. The standard InChI is InChI=1S/C9H7BrINS/c10-4-5-1-2-7(11)9-6(5)3-8(12)13-9/h1-3H,4,12H2. The number of thiophene rings is 1. The van der Waals surface area contributed by atoms with Gasteiger partial charge in [0.15, 0.2) is 0 Å². The molecule has 0 aliphatic carbocycles. The molecule has 2 N–H and O–H groups in total. The first-order valence-corrected chi connectivity index (χ1v) is 6.76. The molecule has 1 heterocycles. The first-order chi connectivity index (χ1) is 6.22. The van der Waals surface area contributed by atoms with E-state index in [1.54, 1.807) is 11.3 Å². The summed E-state index contributed by atoms with van der Waals surface area (Å²) in [4.78, 5) is 0. The number of hydrogen-bond acceptors (Lipinski definition) is 2. The van der Waals surface area contributed by atoms with E-state index in [1.807, 2.05) is 0 Å². The van der Waals surface area contributed by atoms with Gasteiger partial charge in [-0.15, -0.1) is 11.3 Å². The van der Waals surface area contributed by atoms with Crippen LogP contribution < -0.4 is 5.73 Å². The second-order valence-electron chi connectivity index (χ2n) is 2.73. The highest BCUT2D eigenvalue weighted by molar-refractivity contribution is 14.1. The van der Waals surface area contributed by atoms with Gasteiger partial charge >= 0.3 is 0 Å². The molecule has 0 aliphatic heterocycles. The Labute approximate surface area is 103 Å². The summed E-state index contributed by atoms with van der Waals surface area (Å²) in [6.45, 7) is 0. The number of anilines is 1. The van der Waals surface area contributed by atoms with Crippen LogP contribution in [0.25, 0.3) is 10.1 Å². The van der Waals surface area contributed by atoms with Gasteiger partial charge in [-0.3, -0.25) is 0 Å². The molecule has 2 aromatic rings. The Bertz CT molecular complexity index is 452. The molecule has 13 heavy (non-hydrogen) atoms.